The lowest BCUT2D eigenvalue weighted by Gasteiger charge is -2.54. The zero-order chi connectivity index (χ0) is 26.3. The van der Waals surface area contributed by atoms with E-state index in [4.69, 9.17) is 0 Å². The first kappa shape index (κ1) is 24.0. The fourth-order valence-corrected chi connectivity index (χ4v) is 10.4. The molecule has 0 bridgehead atoms. The maximum absolute atomic E-state index is 14.4. The molecule has 3 aromatic rings. The molecule has 0 aromatic heterocycles. The summed E-state index contributed by atoms with van der Waals surface area (Å²) in [6, 6.07) is 24.9. The van der Waals surface area contributed by atoms with Crippen LogP contribution in [0.1, 0.15) is 37.3 Å². The molecule has 5 nitrogen and oxygen atoms in total. The number of benzene rings is 3. The second kappa shape index (κ2) is 8.23. The summed E-state index contributed by atoms with van der Waals surface area (Å²) in [5.74, 6) is 0.118. The molecule has 38 heavy (non-hydrogen) atoms. The van der Waals surface area contributed by atoms with Crippen molar-refractivity contribution in [1.82, 2.24) is 4.90 Å². The third kappa shape index (κ3) is 3.06. The lowest BCUT2D eigenvalue weighted by atomic mass is 9.57. The molecule has 7 rings (SSSR count). The number of allylic oxidation sites excluding steroid dienone is 1. The van der Waals surface area contributed by atoms with Crippen molar-refractivity contribution < 1.29 is 13.2 Å². The van der Waals surface area contributed by atoms with Crippen molar-refractivity contribution in [3.05, 3.63) is 102 Å². The molecule has 1 aliphatic carbocycles. The maximum Gasteiger partial charge on any atom is 0.268 e. The molecule has 3 aromatic carbocycles. The van der Waals surface area contributed by atoms with Gasteiger partial charge in [0.25, 0.3) is 10.0 Å². The minimum atomic E-state index is -3.91. The van der Waals surface area contributed by atoms with E-state index in [2.05, 4.69) is 24.0 Å². The molecule has 4 atom stereocenters. The lowest BCUT2D eigenvalue weighted by Crippen LogP contribution is -2.60. The number of carbonyl (C=O) groups is 1. The third-order valence-corrected chi connectivity index (χ3v) is 12.1. The van der Waals surface area contributed by atoms with Crippen LogP contribution in [0, 0.1) is 12.3 Å². The summed E-state index contributed by atoms with van der Waals surface area (Å²) >= 11 is 1.58. The quantitative estimate of drug-likeness (QED) is 0.412. The van der Waals surface area contributed by atoms with Crippen LogP contribution in [0.5, 0.6) is 0 Å². The molecule has 194 valence electrons. The molecule has 3 aliphatic heterocycles. The smallest absolute Gasteiger partial charge is 0.268 e. The van der Waals surface area contributed by atoms with Gasteiger partial charge in [0.05, 0.1) is 22.0 Å². The van der Waals surface area contributed by atoms with Crippen LogP contribution in [-0.2, 0) is 20.2 Å². The molecule has 1 spiro atoms. The number of rotatable bonds is 4. The SMILES string of the molecule is Cc1ccc(S(=O)(=O)N2C3=CC[C@@]4(C)CCCN5C(=O)C(Sc6ccccc6)[C@]3(c3ccccc32)[C@H]54)cc1. The van der Waals surface area contributed by atoms with Crippen LogP contribution >= 0.6 is 11.8 Å². The maximum atomic E-state index is 14.4. The van der Waals surface area contributed by atoms with Gasteiger partial charge in [-0.2, -0.15) is 0 Å². The highest BCUT2D eigenvalue weighted by atomic mass is 32.2. The van der Waals surface area contributed by atoms with E-state index in [1.165, 1.54) is 0 Å². The van der Waals surface area contributed by atoms with E-state index < -0.39 is 20.7 Å². The number of para-hydroxylation sites is 1. The van der Waals surface area contributed by atoms with Gasteiger partial charge in [-0.1, -0.05) is 67.1 Å². The zero-order valence-electron chi connectivity index (χ0n) is 21.5. The molecule has 2 fully saturated rings. The number of sulfonamides is 1. The van der Waals surface area contributed by atoms with Crippen molar-refractivity contribution >= 4 is 33.4 Å². The topological polar surface area (TPSA) is 57.7 Å². The number of nitrogens with zero attached hydrogens (tertiary/aromatic N) is 2. The molecule has 3 heterocycles. The van der Waals surface area contributed by atoms with Crippen molar-refractivity contribution in [3.8, 4) is 0 Å². The Kier molecular flexibility index (Phi) is 5.21. The van der Waals surface area contributed by atoms with Crippen LogP contribution < -0.4 is 4.31 Å². The number of amides is 1. The van der Waals surface area contributed by atoms with E-state index in [9.17, 15) is 13.2 Å². The average molecular weight is 543 g/mol. The van der Waals surface area contributed by atoms with E-state index in [-0.39, 0.29) is 22.3 Å². The van der Waals surface area contributed by atoms with Crippen molar-refractivity contribution in [1.29, 1.82) is 0 Å². The monoisotopic (exact) mass is 542 g/mol. The predicted octanol–water partition coefficient (Wildman–Crippen LogP) is 5.90. The first-order chi connectivity index (χ1) is 18.3. The highest BCUT2D eigenvalue weighted by molar-refractivity contribution is 8.00. The number of aryl methyl sites for hydroxylation is 1. The van der Waals surface area contributed by atoms with Crippen LogP contribution in [0.4, 0.5) is 5.69 Å². The van der Waals surface area contributed by atoms with E-state index >= 15 is 0 Å². The number of anilines is 1. The Morgan fingerprint density at radius 2 is 1.66 bits per heavy atom. The molecule has 0 radical (unpaired) electrons. The molecule has 0 saturated carbocycles. The molecule has 1 amide bonds. The number of fused-ring (bicyclic) bond motifs is 1. The summed E-state index contributed by atoms with van der Waals surface area (Å²) in [5.41, 5.74) is 2.48. The molecular formula is C31H30N2O3S2. The number of carbonyl (C=O) groups excluding carboxylic acids is 1. The van der Waals surface area contributed by atoms with Gasteiger partial charge >= 0.3 is 0 Å². The Morgan fingerprint density at radius 1 is 0.947 bits per heavy atom. The summed E-state index contributed by atoms with van der Waals surface area (Å²) in [7, 11) is -3.91. The Bertz CT molecular complexity index is 1580. The van der Waals surface area contributed by atoms with Crippen LogP contribution in [-0.4, -0.2) is 37.1 Å². The van der Waals surface area contributed by atoms with E-state index in [1.807, 2.05) is 67.6 Å². The van der Waals surface area contributed by atoms with E-state index in [0.29, 0.717) is 12.2 Å². The lowest BCUT2D eigenvalue weighted by molar-refractivity contribution is -0.132. The average Bonchev–Trinajstić information content (AvgIpc) is 3.36. The van der Waals surface area contributed by atoms with Gasteiger partial charge in [-0.3, -0.25) is 4.79 Å². The first-order valence-corrected chi connectivity index (χ1v) is 15.5. The van der Waals surface area contributed by atoms with Crippen LogP contribution in [0.25, 0.3) is 0 Å². The van der Waals surface area contributed by atoms with Crippen LogP contribution in [0.15, 0.2) is 100 Å². The normalized spacial score (nSPS) is 29.5. The fraction of sp³-hybridized carbons (Fsp3) is 0.323. The summed E-state index contributed by atoms with van der Waals surface area (Å²) < 4.78 is 30.4. The van der Waals surface area contributed by atoms with Gasteiger partial charge < -0.3 is 4.90 Å². The Morgan fingerprint density at radius 3 is 2.42 bits per heavy atom. The number of hydrogen-bond acceptors (Lipinski definition) is 4. The minimum Gasteiger partial charge on any atom is -0.337 e. The van der Waals surface area contributed by atoms with E-state index in [0.717, 1.165) is 41.0 Å². The van der Waals surface area contributed by atoms with Crippen LogP contribution in [0.3, 0.4) is 0 Å². The standard InChI is InChI=1S/C31H30N2O3S2/c1-21-13-15-23(16-14-21)38(35,36)33-25-12-7-6-11-24(25)31-26(33)17-19-30(2)18-8-20-32(29(30)31)28(34)27(31)37-22-9-4-3-5-10-22/h3-7,9-17,27,29H,8,18-20H2,1-2H3/t27?,29-,30-,31-/m1/s1. The molecule has 0 N–H and O–H groups in total. The second-order valence-electron chi connectivity index (χ2n) is 11.3. The molecule has 4 aliphatic rings. The van der Waals surface area contributed by atoms with Crippen molar-refractivity contribution in [3.63, 3.8) is 0 Å². The second-order valence-corrected chi connectivity index (χ2v) is 14.2. The van der Waals surface area contributed by atoms with Crippen molar-refractivity contribution in [2.24, 2.45) is 5.41 Å². The molecule has 7 heteroatoms. The predicted molar refractivity (Wildman–Crippen MR) is 151 cm³/mol. The van der Waals surface area contributed by atoms with E-state index in [1.54, 1.807) is 28.2 Å². The highest BCUT2D eigenvalue weighted by Crippen LogP contribution is 2.67. The fourth-order valence-electron chi connectivity index (χ4n) is 7.46. The van der Waals surface area contributed by atoms with Crippen molar-refractivity contribution in [2.45, 2.75) is 59.6 Å². The largest absolute Gasteiger partial charge is 0.337 e. The summed E-state index contributed by atoms with van der Waals surface area (Å²) in [6.07, 6.45) is 4.87. The minimum absolute atomic E-state index is 0.100. The van der Waals surface area contributed by atoms with Gasteiger partial charge in [0.1, 0.15) is 5.25 Å². The summed E-state index contributed by atoms with van der Waals surface area (Å²) in [4.78, 5) is 17.7. The Balaban J connectivity index is 1.50. The van der Waals surface area contributed by atoms with Crippen LogP contribution in [0.2, 0.25) is 0 Å². The van der Waals surface area contributed by atoms with Gasteiger partial charge in [-0.05, 0) is 67.5 Å². The summed E-state index contributed by atoms with van der Waals surface area (Å²) in [6.45, 7) is 4.96. The number of piperidine rings is 1. The molecule has 1 unspecified atom stereocenters. The molecule has 2 saturated heterocycles. The van der Waals surface area contributed by atoms with Crippen molar-refractivity contribution in [2.75, 3.05) is 10.8 Å². The van der Waals surface area contributed by atoms with Gasteiger partial charge in [0.2, 0.25) is 5.91 Å². The third-order valence-electron chi connectivity index (χ3n) is 9.00. The number of thioether (sulfide) groups is 1. The summed E-state index contributed by atoms with van der Waals surface area (Å²) in [5, 5.41) is -0.460. The van der Waals surface area contributed by atoms with Gasteiger partial charge in [0, 0.05) is 17.1 Å². The highest BCUT2D eigenvalue weighted by Gasteiger charge is 2.73. The number of hydrogen-bond donors (Lipinski definition) is 0. The zero-order valence-corrected chi connectivity index (χ0v) is 23.1. The Labute approximate surface area is 228 Å². The van der Waals surface area contributed by atoms with Gasteiger partial charge in [-0.15, -0.1) is 11.8 Å². The van der Waals surface area contributed by atoms with Gasteiger partial charge in [-0.25, -0.2) is 12.7 Å². The van der Waals surface area contributed by atoms with Gasteiger partial charge in [0.15, 0.2) is 0 Å². The first-order valence-electron chi connectivity index (χ1n) is 13.2. The molecular weight excluding hydrogens is 512 g/mol. The Hall–Kier alpha value is -3.03.